The lowest BCUT2D eigenvalue weighted by Gasteiger charge is -2.16. The van der Waals surface area contributed by atoms with Crippen LogP contribution in [0.1, 0.15) is 34.3 Å². The van der Waals surface area contributed by atoms with E-state index in [9.17, 15) is 32.3 Å². The molecule has 2 heterocycles. The number of carboxylic acids is 1. The summed E-state index contributed by atoms with van der Waals surface area (Å²) in [4.78, 5) is 37.9. The first-order valence-electron chi connectivity index (χ1n) is 9.74. The Labute approximate surface area is 190 Å². The molecule has 1 aliphatic rings. The molecule has 34 heavy (non-hydrogen) atoms. The van der Waals surface area contributed by atoms with E-state index >= 15 is 0 Å². The summed E-state index contributed by atoms with van der Waals surface area (Å²) >= 11 is 0. The van der Waals surface area contributed by atoms with Crippen LogP contribution in [0.25, 0.3) is 0 Å². The van der Waals surface area contributed by atoms with Crippen molar-refractivity contribution in [2.75, 3.05) is 13.7 Å². The predicted octanol–water partition coefficient (Wildman–Crippen LogP) is 1.24. The first-order chi connectivity index (χ1) is 15.8. The molecule has 186 valence electrons. The normalized spacial score (nSPS) is 17.6. The van der Waals surface area contributed by atoms with Gasteiger partial charge in [0.2, 0.25) is 5.75 Å². The maximum absolute atomic E-state index is 12.9. The molecule has 2 atom stereocenters. The standard InChI is InChI=1S/C18H21FN4O4.C2HF3O2/c1-23-16(13-7-12(27-2)9-20-13)22-14(15(24)18(23)26)17(25)21-8-10-3-5-11(19)6-4-10;3-2(4,5)1(6)7/h3-6,12-13,20,24H,7-9H2,1-2H3,(H,21,25);(H,6,7)/t12-,13+;/m1./s1. The zero-order valence-electron chi connectivity index (χ0n) is 18.0. The van der Waals surface area contributed by atoms with E-state index in [-0.39, 0.29) is 30.2 Å². The zero-order chi connectivity index (χ0) is 25.6. The van der Waals surface area contributed by atoms with Gasteiger partial charge in [-0.1, -0.05) is 12.1 Å². The molecular weight excluding hydrogens is 468 g/mol. The number of methoxy groups -OCH3 is 1. The molecule has 1 saturated heterocycles. The summed E-state index contributed by atoms with van der Waals surface area (Å²) < 4.78 is 51.2. The number of carbonyl (C=O) groups excluding carboxylic acids is 1. The van der Waals surface area contributed by atoms with E-state index in [0.717, 1.165) is 0 Å². The van der Waals surface area contributed by atoms with Gasteiger partial charge in [-0.25, -0.2) is 14.2 Å². The van der Waals surface area contributed by atoms with E-state index in [4.69, 9.17) is 14.6 Å². The van der Waals surface area contributed by atoms with E-state index < -0.39 is 29.4 Å². The van der Waals surface area contributed by atoms with Crippen molar-refractivity contribution in [2.45, 2.75) is 31.3 Å². The molecule has 0 unspecified atom stereocenters. The lowest BCUT2D eigenvalue weighted by molar-refractivity contribution is -0.192. The second-order valence-electron chi connectivity index (χ2n) is 7.20. The van der Waals surface area contributed by atoms with Gasteiger partial charge in [0.1, 0.15) is 11.6 Å². The highest BCUT2D eigenvalue weighted by molar-refractivity contribution is 5.94. The van der Waals surface area contributed by atoms with Crippen LogP contribution in [-0.2, 0) is 23.1 Å². The Hall–Kier alpha value is -3.52. The maximum atomic E-state index is 12.9. The number of aromatic nitrogens is 2. The molecule has 10 nitrogen and oxygen atoms in total. The van der Waals surface area contributed by atoms with Gasteiger partial charge in [0.15, 0.2) is 5.69 Å². The van der Waals surface area contributed by atoms with E-state index in [1.54, 1.807) is 7.11 Å². The third kappa shape index (κ3) is 6.74. The third-order valence-electron chi connectivity index (χ3n) is 4.86. The van der Waals surface area contributed by atoms with Gasteiger partial charge in [-0.2, -0.15) is 13.2 Å². The number of rotatable bonds is 5. The van der Waals surface area contributed by atoms with Gasteiger partial charge in [0.05, 0.1) is 12.1 Å². The summed E-state index contributed by atoms with van der Waals surface area (Å²) in [5.41, 5.74) is -0.360. The van der Waals surface area contributed by atoms with Crippen LogP contribution in [0, 0.1) is 5.82 Å². The van der Waals surface area contributed by atoms with Gasteiger partial charge in [0, 0.05) is 27.2 Å². The number of benzene rings is 1. The van der Waals surface area contributed by atoms with Crippen LogP contribution in [0.3, 0.4) is 0 Å². The van der Waals surface area contributed by atoms with E-state index in [1.807, 2.05) is 0 Å². The number of halogens is 4. The lowest BCUT2D eigenvalue weighted by Crippen LogP contribution is -2.32. The smallest absolute Gasteiger partial charge is 0.490 e. The Bertz CT molecular complexity index is 1090. The van der Waals surface area contributed by atoms with Gasteiger partial charge in [-0.15, -0.1) is 0 Å². The van der Waals surface area contributed by atoms with Crippen molar-refractivity contribution in [3.05, 3.63) is 57.5 Å². The number of aliphatic carboxylic acids is 1. The molecule has 1 aromatic heterocycles. The van der Waals surface area contributed by atoms with Crippen LogP contribution in [0.5, 0.6) is 5.75 Å². The van der Waals surface area contributed by atoms with Crippen molar-refractivity contribution in [3.63, 3.8) is 0 Å². The number of nitrogens with one attached hydrogen (secondary N) is 2. The molecule has 1 aromatic carbocycles. The van der Waals surface area contributed by atoms with Gasteiger partial charge in [-0.3, -0.25) is 14.2 Å². The van der Waals surface area contributed by atoms with E-state index in [2.05, 4.69) is 15.6 Å². The fourth-order valence-electron chi connectivity index (χ4n) is 3.02. The molecule has 0 saturated carbocycles. The number of hydrogen-bond acceptors (Lipinski definition) is 7. The van der Waals surface area contributed by atoms with Crippen molar-refractivity contribution in [1.82, 2.24) is 20.2 Å². The Morgan fingerprint density at radius 1 is 1.29 bits per heavy atom. The molecule has 1 fully saturated rings. The average Bonchev–Trinajstić information content (AvgIpc) is 3.26. The molecule has 2 aromatic rings. The highest BCUT2D eigenvalue weighted by Gasteiger charge is 2.38. The highest BCUT2D eigenvalue weighted by atomic mass is 19.4. The van der Waals surface area contributed by atoms with E-state index in [0.29, 0.717) is 24.4 Å². The van der Waals surface area contributed by atoms with Crippen LogP contribution >= 0.6 is 0 Å². The summed E-state index contributed by atoms with van der Waals surface area (Å²) in [5.74, 6) is -4.17. The molecule has 0 spiro atoms. The van der Waals surface area contributed by atoms with Gasteiger partial charge >= 0.3 is 12.1 Å². The molecule has 0 aliphatic carbocycles. The summed E-state index contributed by atoms with van der Waals surface area (Å²) in [6.07, 6.45) is -4.51. The summed E-state index contributed by atoms with van der Waals surface area (Å²) in [7, 11) is 3.10. The SMILES string of the molecule is CO[C@H]1CN[C@H](c2nc(C(=O)NCc3ccc(F)cc3)c(O)c(=O)n2C)C1.O=C(O)C(F)(F)F. The van der Waals surface area contributed by atoms with Crippen LogP contribution in [-0.4, -0.2) is 57.6 Å². The van der Waals surface area contributed by atoms with Crippen molar-refractivity contribution in [2.24, 2.45) is 7.05 Å². The number of nitrogens with zero attached hydrogens (tertiary/aromatic N) is 2. The van der Waals surface area contributed by atoms with Crippen molar-refractivity contribution < 1.29 is 42.1 Å². The Morgan fingerprint density at radius 2 is 1.88 bits per heavy atom. The first-order valence-corrected chi connectivity index (χ1v) is 9.74. The number of carbonyl (C=O) groups is 2. The second kappa shape index (κ2) is 11.1. The molecule has 4 N–H and O–H groups in total. The van der Waals surface area contributed by atoms with Crippen molar-refractivity contribution in [1.29, 1.82) is 0 Å². The topological polar surface area (TPSA) is 143 Å². The van der Waals surface area contributed by atoms with Gasteiger partial charge in [0.25, 0.3) is 11.5 Å². The van der Waals surface area contributed by atoms with Gasteiger partial charge in [-0.05, 0) is 24.1 Å². The molecule has 1 amide bonds. The number of alkyl halides is 3. The first kappa shape index (κ1) is 26.7. The Balaban J connectivity index is 0.000000509. The molecule has 0 radical (unpaired) electrons. The molecular formula is C20H22F4N4O6. The van der Waals surface area contributed by atoms with Crippen LogP contribution in [0.4, 0.5) is 17.6 Å². The van der Waals surface area contributed by atoms with Crippen molar-refractivity contribution in [3.8, 4) is 5.75 Å². The minimum Gasteiger partial charge on any atom is -0.501 e. The van der Waals surface area contributed by atoms with Crippen molar-refractivity contribution >= 4 is 11.9 Å². The van der Waals surface area contributed by atoms with Crippen LogP contribution < -0.4 is 16.2 Å². The second-order valence-corrected chi connectivity index (χ2v) is 7.20. The average molecular weight is 490 g/mol. The predicted molar refractivity (Wildman–Crippen MR) is 109 cm³/mol. The maximum Gasteiger partial charge on any atom is 0.490 e. The number of amides is 1. The largest absolute Gasteiger partial charge is 0.501 e. The van der Waals surface area contributed by atoms with Crippen LogP contribution in [0.2, 0.25) is 0 Å². The number of carboxylic acid groups (broad SMARTS) is 1. The molecule has 3 rings (SSSR count). The highest BCUT2D eigenvalue weighted by Crippen LogP contribution is 2.24. The minimum absolute atomic E-state index is 0.0172. The monoisotopic (exact) mass is 490 g/mol. The fourth-order valence-corrected chi connectivity index (χ4v) is 3.02. The molecule has 1 aliphatic heterocycles. The van der Waals surface area contributed by atoms with Gasteiger partial charge < -0.3 is 25.6 Å². The van der Waals surface area contributed by atoms with E-state index in [1.165, 1.54) is 35.9 Å². The molecule has 0 bridgehead atoms. The summed E-state index contributed by atoms with van der Waals surface area (Å²) in [6.45, 7) is 0.711. The fraction of sp³-hybridized carbons (Fsp3) is 0.400. The lowest BCUT2D eigenvalue weighted by atomic mass is 10.1. The molecule has 14 heteroatoms. The Morgan fingerprint density at radius 3 is 2.38 bits per heavy atom. The Kier molecular flexibility index (Phi) is 8.70. The summed E-state index contributed by atoms with van der Waals surface area (Å²) in [5, 5.41) is 23.0. The quantitative estimate of drug-likeness (QED) is 0.459. The summed E-state index contributed by atoms with van der Waals surface area (Å²) in [6, 6.07) is 5.37. The number of aromatic hydroxyl groups is 1. The minimum atomic E-state index is -5.08. The number of hydrogen-bond donors (Lipinski definition) is 4. The third-order valence-corrected chi connectivity index (χ3v) is 4.86. The number of ether oxygens (including phenoxy) is 1. The van der Waals surface area contributed by atoms with Crippen LogP contribution in [0.15, 0.2) is 29.1 Å². The zero-order valence-corrected chi connectivity index (χ0v) is 18.0.